The van der Waals surface area contributed by atoms with Gasteiger partial charge in [-0.1, -0.05) is 6.07 Å². The third-order valence-corrected chi connectivity index (χ3v) is 6.76. The Hall–Kier alpha value is -1.99. The second-order valence-electron chi connectivity index (χ2n) is 7.86. The maximum Gasteiger partial charge on any atom is 0.270 e. The summed E-state index contributed by atoms with van der Waals surface area (Å²) in [6.07, 6.45) is 1.28. The molecule has 1 amide bonds. The summed E-state index contributed by atoms with van der Waals surface area (Å²) in [6, 6.07) is 8.94. The zero-order valence-corrected chi connectivity index (χ0v) is 22.1. The molecule has 2 unspecified atom stereocenters. The number of sulfonamides is 1. The molecule has 0 spiro atoms. The summed E-state index contributed by atoms with van der Waals surface area (Å²) in [5.41, 5.74) is 1.26. The molecule has 1 heterocycles. The minimum absolute atomic E-state index is 0.0982. The number of halogens is 1. The summed E-state index contributed by atoms with van der Waals surface area (Å²) in [6.45, 7) is 4.75. The van der Waals surface area contributed by atoms with E-state index >= 15 is 0 Å². The van der Waals surface area contributed by atoms with Crippen LogP contribution in [0.25, 0.3) is 0 Å². The lowest BCUT2D eigenvalue weighted by atomic mass is 9.99. The van der Waals surface area contributed by atoms with E-state index in [0.29, 0.717) is 37.3 Å². The van der Waals surface area contributed by atoms with Gasteiger partial charge in [0.25, 0.3) is 15.4 Å². The molecule has 0 saturated carbocycles. The molecule has 2 N–H and O–H groups in total. The SMILES string of the molecule is CCOc1cc(NC(=O)C2CCOCC2)ccc1S(=O)(=O)Nc1ccc(C)c(OC(F)(P)P)c1. The average Bonchev–Trinajstić information content (AvgIpc) is 2.76. The third kappa shape index (κ3) is 7.25. The fraction of sp³-hybridized carbons (Fsp3) is 0.409. The highest BCUT2D eigenvalue weighted by Gasteiger charge is 2.25. The molecule has 0 aliphatic carbocycles. The second-order valence-corrected chi connectivity index (χ2v) is 11.7. The van der Waals surface area contributed by atoms with Gasteiger partial charge in [-0.15, -0.1) is 0 Å². The van der Waals surface area contributed by atoms with Crippen LogP contribution in [0.2, 0.25) is 0 Å². The van der Waals surface area contributed by atoms with Gasteiger partial charge in [-0.25, -0.2) is 8.42 Å². The summed E-state index contributed by atoms with van der Waals surface area (Å²) < 4.78 is 58.7. The first-order chi connectivity index (χ1) is 16.0. The van der Waals surface area contributed by atoms with Gasteiger partial charge in [0, 0.05) is 37.0 Å². The van der Waals surface area contributed by atoms with Crippen LogP contribution in [0.4, 0.5) is 15.8 Å². The van der Waals surface area contributed by atoms with Crippen LogP contribution in [0.3, 0.4) is 0 Å². The molecule has 0 aromatic heterocycles. The zero-order valence-electron chi connectivity index (χ0n) is 19.0. The van der Waals surface area contributed by atoms with E-state index in [9.17, 15) is 17.6 Å². The monoisotopic (exact) mass is 530 g/mol. The lowest BCUT2D eigenvalue weighted by Gasteiger charge is -2.21. The predicted molar refractivity (Wildman–Crippen MR) is 136 cm³/mol. The van der Waals surface area contributed by atoms with Crippen LogP contribution in [0, 0.1) is 12.8 Å². The molecule has 3 rings (SSSR count). The molecule has 0 radical (unpaired) electrons. The zero-order chi connectivity index (χ0) is 24.9. The Bertz CT molecular complexity index is 1130. The quantitative estimate of drug-likeness (QED) is 0.470. The Kier molecular flexibility index (Phi) is 8.74. The fourth-order valence-electron chi connectivity index (χ4n) is 3.43. The molecule has 1 fully saturated rings. The highest BCUT2D eigenvalue weighted by molar-refractivity contribution is 7.92. The number of ether oxygens (including phenoxy) is 3. The van der Waals surface area contributed by atoms with Gasteiger partial charge in [0.2, 0.25) is 5.91 Å². The third-order valence-electron chi connectivity index (χ3n) is 5.10. The van der Waals surface area contributed by atoms with Crippen molar-refractivity contribution in [2.24, 2.45) is 5.92 Å². The summed E-state index contributed by atoms with van der Waals surface area (Å²) >= 11 is 0. The van der Waals surface area contributed by atoms with Crippen molar-refractivity contribution in [3.63, 3.8) is 0 Å². The summed E-state index contributed by atoms with van der Waals surface area (Å²) in [7, 11) is -0.279. The molecule has 8 nitrogen and oxygen atoms in total. The molecular formula is C22H29FN2O6P2S. The number of hydrogen-bond acceptors (Lipinski definition) is 6. The van der Waals surface area contributed by atoms with Crippen LogP contribution in [-0.4, -0.2) is 39.5 Å². The lowest BCUT2D eigenvalue weighted by Crippen LogP contribution is -2.28. The Morgan fingerprint density at radius 1 is 1.15 bits per heavy atom. The number of anilines is 2. The normalized spacial score (nSPS) is 15.0. The van der Waals surface area contributed by atoms with Crippen molar-refractivity contribution in [2.45, 2.75) is 36.9 Å². The standard InChI is InChI=1S/C22H29FN2O6P2S/c1-3-30-19-12-16(24-21(26)15-8-10-29-11-9-15)6-7-20(19)34(27,28)25-17-5-4-14(2)18(13-17)31-22(23,32)33/h4-7,12-13,15,25H,3,8-11,32-33H2,1-2H3,(H,24,26). The number of amides is 1. The van der Waals surface area contributed by atoms with E-state index in [1.807, 2.05) is 18.5 Å². The molecule has 2 aromatic rings. The Morgan fingerprint density at radius 2 is 1.79 bits per heavy atom. The van der Waals surface area contributed by atoms with E-state index in [2.05, 4.69) is 10.0 Å². The van der Waals surface area contributed by atoms with Crippen molar-refractivity contribution in [3.05, 3.63) is 42.0 Å². The highest BCUT2D eigenvalue weighted by atomic mass is 32.2. The number of rotatable bonds is 9. The van der Waals surface area contributed by atoms with Crippen LogP contribution in [-0.2, 0) is 19.6 Å². The number of nitrogens with one attached hydrogen (secondary N) is 2. The van der Waals surface area contributed by atoms with Gasteiger partial charge in [-0.2, -0.15) is 4.39 Å². The van der Waals surface area contributed by atoms with E-state index in [1.165, 1.54) is 24.3 Å². The van der Waals surface area contributed by atoms with Crippen molar-refractivity contribution in [3.8, 4) is 11.5 Å². The maximum absolute atomic E-state index is 13.9. The van der Waals surface area contributed by atoms with E-state index in [1.54, 1.807) is 26.0 Å². The summed E-state index contributed by atoms with van der Waals surface area (Å²) in [5, 5.41) is 0.741. The number of carbonyl (C=O) groups is 1. The van der Waals surface area contributed by atoms with Gasteiger partial charge in [0.15, 0.2) is 0 Å². The van der Waals surface area contributed by atoms with Crippen molar-refractivity contribution in [1.82, 2.24) is 0 Å². The summed E-state index contributed by atoms with van der Waals surface area (Å²) in [4.78, 5) is 12.4. The molecule has 12 heteroatoms. The van der Waals surface area contributed by atoms with Crippen molar-refractivity contribution < 1.29 is 31.8 Å². The first-order valence-electron chi connectivity index (χ1n) is 10.7. The molecule has 0 bridgehead atoms. The highest BCUT2D eigenvalue weighted by Crippen LogP contribution is 2.36. The Morgan fingerprint density at radius 3 is 2.44 bits per heavy atom. The van der Waals surface area contributed by atoms with Crippen LogP contribution in [0.15, 0.2) is 41.3 Å². The van der Waals surface area contributed by atoms with E-state index < -0.39 is 15.4 Å². The first kappa shape index (κ1) is 26.6. The fourth-order valence-corrected chi connectivity index (χ4v) is 4.86. The van der Waals surface area contributed by atoms with E-state index in [0.717, 1.165) is 0 Å². The van der Waals surface area contributed by atoms with Gasteiger partial charge in [0.1, 0.15) is 16.4 Å². The van der Waals surface area contributed by atoms with E-state index in [4.69, 9.17) is 14.2 Å². The first-order valence-corrected chi connectivity index (χ1v) is 13.4. The van der Waals surface area contributed by atoms with Crippen LogP contribution in [0.5, 0.6) is 11.5 Å². The lowest BCUT2D eigenvalue weighted by molar-refractivity contribution is -0.122. The topological polar surface area (TPSA) is 103 Å². The van der Waals surface area contributed by atoms with Crippen molar-refractivity contribution >= 4 is 45.8 Å². The number of benzene rings is 2. The van der Waals surface area contributed by atoms with Gasteiger partial charge < -0.3 is 19.5 Å². The van der Waals surface area contributed by atoms with Gasteiger partial charge in [-0.05, 0) is 68.9 Å². The smallest absolute Gasteiger partial charge is 0.270 e. The number of hydrogen-bond donors (Lipinski definition) is 2. The minimum atomic E-state index is -4.07. The van der Waals surface area contributed by atoms with Gasteiger partial charge in [0.05, 0.1) is 12.3 Å². The minimum Gasteiger partial charge on any atom is -0.492 e. The van der Waals surface area contributed by atoms with Gasteiger partial charge >= 0.3 is 0 Å². The molecular weight excluding hydrogens is 501 g/mol. The average molecular weight is 530 g/mol. The predicted octanol–water partition coefficient (Wildman–Crippen LogP) is 4.27. The van der Waals surface area contributed by atoms with Crippen molar-refractivity contribution in [1.29, 1.82) is 0 Å². The van der Waals surface area contributed by atoms with Crippen LogP contribution < -0.4 is 19.5 Å². The molecule has 186 valence electrons. The van der Waals surface area contributed by atoms with E-state index in [-0.39, 0.29) is 40.5 Å². The Balaban J connectivity index is 1.83. The molecule has 1 aliphatic rings. The van der Waals surface area contributed by atoms with Crippen molar-refractivity contribution in [2.75, 3.05) is 29.9 Å². The molecule has 34 heavy (non-hydrogen) atoms. The second kappa shape index (κ2) is 11.2. The number of carbonyl (C=O) groups excluding carboxylic acids is 1. The van der Waals surface area contributed by atoms with Crippen LogP contribution in [0.1, 0.15) is 25.3 Å². The van der Waals surface area contributed by atoms with Crippen LogP contribution >= 0.6 is 18.5 Å². The largest absolute Gasteiger partial charge is 0.492 e. The molecule has 1 aliphatic heterocycles. The Labute approximate surface area is 203 Å². The number of alkyl halides is 1. The number of aryl methyl sites for hydroxylation is 1. The molecule has 1 saturated heterocycles. The maximum atomic E-state index is 13.9. The molecule has 2 atom stereocenters. The summed E-state index contributed by atoms with van der Waals surface area (Å²) in [5.74, 6) is -0.0119. The molecule has 2 aromatic carbocycles. The van der Waals surface area contributed by atoms with Gasteiger partial charge in [-0.3, -0.25) is 9.52 Å².